The lowest BCUT2D eigenvalue weighted by Crippen LogP contribution is -2.56. The van der Waals surface area contributed by atoms with Gasteiger partial charge in [-0.2, -0.15) is 0 Å². The van der Waals surface area contributed by atoms with E-state index >= 15 is 0 Å². The van der Waals surface area contributed by atoms with Crippen molar-refractivity contribution < 1.29 is 4.79 Å². The van der Waals surface area contributed by atoms with Crippen molar-refractivity contribution >= 4 is 5.91 Å². The first-order valence-electron chi connectivity index (χ1n) is 8.13. The van der Waals surface area contributed by atoms with Crippen molar-refractivity contribution in [1.82, 2.24) is 15.5 Å². The third-order valence-corrected chi connectivity index (χ3v) is 4.65. The first-order chi connectivity index (χ1) is 9.39. The van der Waals surface area contributed by atoms with E-state index in [2.05, 4.69) is 22.6 Å². The molecule has 0 aromatic rings. The Morgan fingerprint density at radius 3 is 2.30 bits per heavy atom. The molecule has 1 amide bonds. The Morgan fingerprint density at radius 2 is 1.80 bits per heavy atom. The molecule has 0 spiro atoms. The highest BCUT2D eigenvalue weighted by Gasteiger charge is 2.37. The summed E-state index contributed by atoms with van der Waals surface area (Å²) in [6.07, 6.45) is 7.08. The summed E-state index contributed by atoms with van der Waals surface area (Å²) in [5.41, 5.74) is -0.119. The fourth-order valence-corrected chi connectivity index (χ4v) is 3.79. The van der Waals surface area contributed by atoms with E-state index in [-0.39, 0.29) is 11.4 Å². The topological polar surface area (TPSA) is 44.4 Å². The van der Waals surface area contributed by atoms with E-state index in [0.717, 1.165) is 6.54 Å². The van der Waals surface area contributed by atoms with Gasteiger partial charge in [-0.05, 0) is 53.5 Å². The molecule has 0 aromatic carbocycles. The number of carbonyl (C=O) groups is 1. The molecule has 0 saturated carbocycles. The van der Waals surface area contributed by atoms with Crippen LogP contribution >= 0.6 is 0 Å². The number of nitrogens with one attached hydrogen (secondary N) is 2. The lowest BCUT2D eigenvalue weighted by Gasteiger charge is -2.49. The van der Waals surface area contributed by atoms with Gasteiger partial charge in [0.15, 0.2) is 0 Å². The third-order valence-electron chi connectivity index (χ3n) is 4.65. The first kappa shape index (κ1) is 15.8. The maximum absolute atomic E-state index is 12.0. The predicted octanol–water partition coefficient (Wildman–Crippen LogP) is 1.90. The lowest BCUT2D eigenvalue weighted by atomic mass is 9.81. The SMILES string of the molecule is CNC1CC2CCCC(C1)N2CCC(=O)NC(C)(C)C. The standard InChI is InChI=1S/C16H31N3O/c1-16(2,3)18-15(20)8-9-19-13-6-5-7-14(19)11-12(10-13)17-4/h12-14,17H,5-11H2,1-4H3,(H,18,20). The molecule has 2 heterocycles. The van der Waals surface area contributed by atoms with Crippen LogP contribution in [0.4, 0.5) is 0 Å². The molecule has 2 aliphatic heterocycles. The molecule has 20 heavy (non-hydrogen) atoms. The molecule has 2 atom stereocenters. The van der Waals surface area contributed by atoms with Gasteiger partial charge in [-0.25, -0.2) is 0 Å². The maximum Gasteiger partial charge on any atom is 0.221 e. The van der Waals surface area contributed by atoms with Gasteiger partial charge in [0.1, 0.15) is 0 Å². The van der Waals surface area contributed by atoms with Crippen molar-refractivity contribution in [1.29, 1.82) is 0 Å². The molecule has 2 fully saturated rings. The van der Waals surface area contributed by atoms with Crippen LogP contribution in [0.5, 0.6) is 0 Å². The van der Waals surface area contributed by atoms with Gasteiger partial charge in [-0.15, -0.1) is 0 Å². The number of carbonyl (C=O) groups excluding carboxylic acids is 1. The minimum Gasteiger partial charge on any atom is -0.351 e. The van der Waals surface area contributed by atoms with Crippen molar-refractivity contribution in [2.45, 2.75) is 83.0 Å². The molecule has 0 radical (unpaired) electrons. The molecule has 116 valence electrons. The van der Waals surface area contributed by atoms with Crippen molar-refractivity contribution in [3.05, 3.63) is 0 Å². The van der Waals surface area contributed by atoms with Crippen molar-refractivity contribution in [2.24, 2.45) is 0 Å². The zero-order valence-electron chi connectivity index (χ0n) is 13.5. The Hall–Kier alpha value is -0.610. The molecule has 0 aromatic heterocycles. The molecular formula is C16H31N3O. The first-order valence-corrected chi connectivity index (χ1v) is 8.13. The van der Waals surface area contributed by atoms with Crippen LogP contribution in [0.3, 0.4) is 0 Å². The second-order valence-corrected chi connectivity index (χ2v) is 7.48. The Morgan fingerprint density at radius 1 is 1.20 bits per heavy atom. The van der Waals surface area contributed by atoms with Crippen LogP contribution in [-0.4, -0.2) is 48.1 Å². The molecule has 4 heteroatoms. The lowest BCUT2D eigenvalue weighted by molar-refractivity contribution is -0.123. The largest absolute Gasteiger partial charge is 0.351 e. The van der Waals surface area contributed by atoms with Gasteiger partial charge in [0, 0.05) is 36.6 Å². The summed E-state index contributed by atoms with van der Waals surface area (Å²) >= 11 is 0. The van der Waals surface area contributed by atoms with Crippen molar-refractivity contribution in [3.8, 4) is 0 Å². The van der Waals surface area contributed by atoms with E-state index in [1.54, 1.807) is 0 Å². The molecule has 2 saturated heterocycles. The minimum atomic E-state index is -0.119. The highest BCUT2D eigenvalue weighted by atomic mass is 16.1. The second kappa shape index (κ2) is 6.44. The Balaban J connectivity index is 1.85. The Kier molecular flexibility index (Phi) is 5.08. The van der Waals surface area contributed by atoms with Crippen molar-refractivity contribution in [3.63, 3.8) is 0 Å². The summed E-state index contributed by atoms with van der Waals surface area (Å²) in [7, 11) is 2.08. The van der Waals surface area contributed by atoms with Crippen LogP contribution in [0.2, 0.25) is 0 Å². The Labute approximate surface area is 123 Å². The van der Waals surface area contributed by atoms with Gasteiger partial charge in [0.25, 0.3) is 0 Å². The van der Waals surface area contributed by atoms with Crippen LogP contribution < -0.4 is 10.6 Å². The highest BCUT2D eigenvalue weighted by molar-refractivity contribution is 5.76. The highest BCUT2D eigenvalue weighted by Crippen LogP contribution is 2.33. The molecular weight excluding hydrogens is 250 g/mol. The van der Waals surface area contributed by atoms with Gasteiger partial charge < -0.3 is 10.6 Å². The summed E-state index contributed by atoms with van der Waals surface area (Å²) in [6.45, 7) is 7.04. The van der Waals surface area contributed by atoms with Crippen LogP contribution in [0, 0.1) is 0 Å². The molecule has 4 nitrogen and oxygen atoms in total. The summed E-state index contributed by atoms with van der Waals surface area (Å²) < 4.78 is 0. The fourth-order valence-electron chi connectivity index (χ4n) is 3.79. The van der Waals surface area contributed by atoms with E-state index in [9.17, 15) is 4.79 Å². The normalized spacial score (nSPS) is 31.1. The molecule has 2 bridgehead atoms. The number of amides is 1. The monoisotopic (exact) mass is 281 g/mol. The number of fused-ring (bicyclic) bond motifs is 2. The van der Waals surface area contributed by atoms with E-state index in [0.29, 0.717) is 24.5 Å². The van der Waals surface area contributed by atoms with Gasteiger partial charge in [-0.3, -0.25) is 9.69 Å². The number of piperidine rings is 2. The van der Waals surface area contributed by atoms with Gasteiger partial charge in [-0.1, -0.05) is 6.42 Å². The third kappa shape index (κ3) is 4.19. The molecule has 2 unspecified atom stereocenters. The Bertz CT molecular complexity index is 323. The van der Waals surface area contributed by atoms with Crippen LogP contribution in [-0.2, 0) is 4.79 Å². The summed E-state index contributed by atoms with van der Waals surface area (Å²) in [5.74, 6) is 0.186. The summed E-state index contributed by atoms with van der Waals surface area (Å²) in [6, 6.07) is 2.04. The number of hydrogen-bond donors (Lipinski definition) is 2. The van der Waals surface area contributed by atoms with Crippen molar-refractivity contribution in [2.75, 3.05) is 13.6 Å². The molecule has 0 aliphatic carbocycles. The molecule has 2 rings (SSSR count). The van der Waals surface area contributed by atoms with Crippen LogP contribution in [0.15, 0.2) is 0 Å². The van der Waals surface area contributed by atoms with Gasteiger partial charge in [0.05, 0.1) is 0 Å². The minimum absolute atomic E-state index is 0.119. The second-order valence-electron chi connectivity index (χ2n) is 7.48. The van der Waals surface area contributed by atoms with Gasteiger partial charge in [0.2, 0.25) is 5.91 Å². The smallest absolute Gasteiger partial charge is 0.221 e. The zero-order valence-corrected chi connectivity index (χ0v) is 13.5. The van der Waals surface area contributed by atoms with Crippen LogP contribution in [0.1, 0.15) is 59.3 Å². The van der Waals surface area contributed by atoms with E-state index in [1.165, 1.54) is 32.1 Å². The maximum atomic E-state index is 12.0. The van der Waals surface area contributed by atoms with E-state index in [4.69, 9.17) is 0 Å². The predicted molar refractivity (Wildman–Crippen MR) is 82.7 cm³/mol. The van der Waals surface area contributed by atoms with Gasteiger partial charge >= 0.3 is 0 Å². The van der Waals surface area contributed by atoms with E-state index < -0.39 is 0 Å². The summed E-state index contributed by atoms with van der Waals surface area (Å²) in [4.78, 5) is 14.6. The average molecular weight is 281 g/mol. The number of nitrogens with zero attached hydrogens (tertiary/aromatic N) is 1. The number of rotatable bonds is 4. The number of hydrogen-bond acceptors (Lipinski definition) is 3. The van der Waals surface area contributed by atoms with Crippen LogP contribution in [0.25, 0.3) is 0 Å². The average Bonchev–Trinajstić information content (AvgIpc) is 2.33. The zero-order chi connectivity index (χ0) is 14.8. The van der Waals surface area contributed by atoms with E-state index in [1.807, 2.05) is 20.8 Å². The molecule has 2 N–H and O–H groups in total. The molecule has 2 aliphatic rings. The summed E-state index contributed by atoms with van der Waals surface area (Å²) in [5, 5.41) is 6.51. The quantitative estimate of drug-likeness (QED) is 0.827. The fraction of sp³-hybridized carbons (Fsp3) is 0.938.